The fourth-order valence-corrected chi connectivity index (χ4v) is 1.73. The molecular weight excluding hydrogens is 256 g/mol. The monoisotopic (exact) mass is 272 g/mol. The van der Waals surface area contributed by atoms with Crippen LogP contribution in [0.5, 0.6) is 5.75 Å². The summed E-state index contributed by atoms with van der Waals surface area (Å²) >= 11 is 0. The van der Waals surface area contributed by atoms with Crippen LogP contribution in [0.4, 0.5) is 5.69 Å². The highest BCUT2D eigenvalue weighted by Gasteiger charge is 2.16. The zero-order valence-electron chi connectivity index (χ0n) is 11.3. The van der Waals surface area contributed by atoms with Crippen LogP contribution in [-0.4, -0.2) is 31.0 Å². The van der Waals surface area contributed by atoms with Crippen LogP contribution >= 0.6 is 0 Å². The molecule has 0 unspecified atom stereocenters. The third kappa shape index (κ3) is 3.89. The van der Waals surface area contributed by atoms with Crippen LogP contribution in [-0.2, 0) is 0 Å². The Bertz CT molecular complexity index is 539. The molecule has 104 valence electrons. The van der Waals surface area contributed by atoms with Crippen molar-refractivity contribution in [3.63, 3.8) is 0 Å². The average molecular weight is 272 g/mol. The molecule has 2 N–H and O–H groups in total. The first kappa shape index (κ1) is 15.3. The van der Waals surface area contributed by atoms with Crippen LogP contribution in [0.25, 0.3) is 0 Å². The van der Waals surface area contributed by atoms with Crippen molar-refractivity contribution in [1.29, 1.82) is 10.5 Å². The van der Waals surface area contributed by atoms with Gasteiger partial charge >= 0.3 is 0 Å². The number of hydrogen-bond acceptors (Lipinski definition) is 5. The Balaban J connectivity index is 2.91. The molecule has 0 heterocycles. The number of hydrogen-bond donors (Lipinski definition) is 1. The fraction of sp³-hybridized carbons (Fsp3) is 0.357. The van der Waals surface area contributed by atoms with Crippen molar-refractivity contribution in [3.8, 4) is 17.9 Å². The summed E-state index contributed by atoms with van der Waals surface area (Å²) in [6.45, 7) is 0.589. The van der Waals surface area contributed by atoms with Gasteiger partial charge in [-0.3, -0.25) is 4.79 Å². The van der Waals surface area contributed by atoms with Gasteiger partial charge in [-0.05, 0) is 18.2 Å². The minimum absolute atomic E-state index is 0.225. The fourth-order valence-electron chi connectivity index (χ4n) is 1.73. The van der Waals surface area contributed by atoms with Gasteiger partial charge in [0.25, 0.3) is 5.91 Å². The zero-order chi connectivity index (χ0) is 15.0. The smallest absolute Gasteiger partial charge is 0.253 e. The molecule has 0 spiro atoms. The van der Waals surface area contributed by atoms with E-state index in [-0.39, 0.29) is 18.7 Å². The van der Waals surface area contributed by atoms with Crippen molar-refractivity contribution in [1.82, 2.24) is 4.90 Å². The van der Waals surface area contributed by atoms with E-state index in [4.69, 9.17) is 21.0 Å². The highest BCUT2D eigenvalue weighted by atomic mass is 16.5. The van der Waals surface area contributed by atoms with E-state index in [1.54, 1.807) is 12.1 Å². The summed E-state index contributed by atoms with van der Waals surface area (Å²) in [6, 6.07) is 8.75. The van der Waals surface area contributed by atoms with Crippen LogP contribution in [0.1, 0.15) is 23.2 Å². The number of benzene rings is 1. The van der Waals surface area contributed by atoms with Crippen molar-refractivity contribution in [2.45, 2.75) is 12.8 Å². The Kier molecular flexibility index (Phi) is 5.86. The number of anilines is 1. The molecule has 6 nitrogen and oxygen atoms in total. The third-order valence-electron chi connectivity index (χ3n) is 2.75. The Morgan fingerprint density at radius 1 is 1.30 bits per heavy atom. The van der Waals surface area contributed by atoms with Crippen LogP contribution in [0.2, 0.25) is 0 Å². The van der Waals surface area contributed by atoms with Crippen LogP contribution in [0, 0.1) is 22.7 Å². The Hall–Kier alpha value is -2.73. The molecule has 6 heteroatoms. The van der Waals surface area contributed by atoms with Gasteiger partial charge in [0.2, 0.25) is 0 Å². The average Bonchev–Trinajstić information content (AvgIpc) is 2.46. The maximum Gasteiger partial charge on any atom is 0.253 e. The van der Waals surface area contributed by atoms with E-state index in [0.29, 0.717) is 30.1 Å². The lowest BCUT2D eigenvalue weighted by Crippen LogP contribution is -2.32. The molecule has 0 aliphatic heterocycles. The molecular formula is C14H16N4O2. The molecule has 1 aromatic rings. The molecule has 0 saturated heterocycles. The SMILES string of the molecule is COc1ccc(C(=O)N(CCC#N)CCC#N)cc1N. The Morgan fingerprint density at radius 3 is 2.35 bits per heavy atom. The predicted octanol–water partition coefficient (Wildman–Crippen LogP) is 1.55. The number of carbonyl (C=O) groups is 1. The molecule has 0 aliphatic carbocycles. The van der Waals surface area contributed by atoms with E-state index < -0.39 is 0 Å². The van der Waals surface area contributed by atoms with E-state index in [1.807, 2.05) is 12.1 Å². The van der Waals surface area contributed by atoms with E-state index in [9.17, 15) is 4.79 Å². The summed E-state index contributed by atoms with van der Waals surface area (Å²) in [5, 5.41) is 17.2. The van der Waals surface area contributed by atoms with Gasteiger partial charge in [-0.2, -0.15) is 10.5 Å². The van der Waals surface area contributed by atoms with Crippen LogP contribution in [0.3, 0.4) is 0 Å². The van der Waals surface area contributed by atoms with Gasteiger partial charge in [-0.15, -0.1) is 0 Å². The van der Waals surface area contributed by atoms with Crippen LogP contribution < -0.4 is 10.5 Å². The maximum absolute atomic E-state index is 12.3. The number of nitrogens with zero attached hydrogens (tertiary/aromatic N) is 3. The third-order valence-corrected chi connectivity index (χ3v) is 2.75. The van der Waals surface area contributed by atoms with E-state index in [2.05, 4.69) is 0 Å². The second kappa shape index (κ2) is 7.65. The zero-order valence-corrected chi connectivity index (χ0v) is 11.3. The summed E-state index contributed by atoms with van der Waals surface area (Å²) < 4.78 is 5.03. The summed E-state index contributed by atoms with van der Waals surface area (Å²) in [6.07, 6.45) is 0.450. The molecule has 0 atom stereocenters. The number of nitriles is 2. The first-order valence-electron chi connectivity index (χ1n) is 6.10. The minimum Gasteiger partial charge on any atom is -0.495 e. The first-order valence-corrected chi connectivity index (χ1v) is 6.10. The summed E-state index contributed by atoms with van der Waals surface area (Å²) in [5.74, 6) is 0.256. The van der Waals surface area contributed by atoms with Crippen molar-refractivity contribution >= 4 is 11.6 Å². The molecule has 20 heavy (non-hydrogen) atoms. The summed E-state index contributed by atoms with van der Waals surface area (Å²) in [5.41, 5.74) is 6.56. The van der Waals surface area contributed by atoms with Crippen LogP contribution in [0.15, 0.2) is 18.2 Å². The number of carbonyl (C=O) groups excluding carboxylic acids is 1. The lowest BCUT2D eigenvalue weighted by molar-refractivity contribution is 0.0762. The standard InChI is InChI=1S/C14H16N4O2/c1-20-13-5-4-11(10-12(13)17)14(19)18(8-2-6-15)9-3-7-16/h4-5,10H,2-3,8-9,17H2,1H3. The van der Waals surface area contributed by atoms with Gasteiger partial charge in [0.15, 0.2) is 0 Å². The van der Waals surface area contributed by atoms with Gasteiger partial charge in [-0.1, -0.05) is 0 Å². The largest absolute Gasteiger partial charge is 0.495 e. The number of nitrogen functional groups attached to an aromatic ring is 1. The van der Waals surface area contributed by atoms with E-state index >= 15 is 0 Å². The highest BCUT2D eigenvalue weighted by Crippen LogP contribution is 2.22. The number of rotatable bonds is 6. The molecule has 0 aromatic heterocycles. The lowest BCUT2D eigenvalue weighted by atomic mass is 10.1. The van der Waals surface area contributed by atoms with Gasteiger partial charge in [0.05, 0.1) is 37.8 Å². The molecule has 1 aromatic carbocycles. The molecule has 1 amide bonds. The summed E-state index contributed by atoms with van der Waals surface area (Å²) in [7, 11) is 1.50. The second-order valence-corrected chi connectivity index (χ2v) is 4.07. The number of amides is 1. The van der Waals surface area contributed by atoms with Crippen molar-refractivity contribution < 1.29 is 9.53 Å². The molecule has 0 aliphatic rings. The van der Waals surface area contributed by atoms with Crippen molar-refractivity contribution in [2.24, 2.45) is 0 Å². The number of methoxy groups -OCH3 is 1. The predicted molar refractivity (Wildman–Crippen MR) is 73.8 cm³/mol. The van der Waals surface area contributed by atoms with E-state index in [1.165, 1.54) is 18.1 Å². The van der Waals surface area contributed by atoms with Crippen molar-refractivity contribution in [2.75, 3.05) is 25.9 Å². The van der Waals surface area contributed by atoms with Gasteiger partial charge in [-0.25, -0.2) is 0 Å². The minimum atomic E-state index is -0.246. The Morgan fingerprint density at radius 2 is 1.90 bits per heavy atom. The quantitative estimate of drug-likeness (QED) is 0.791. The Labute approximate surface area is 118 Å². The van der Waals surface area contributed by atoms with E-state index in [0.717, 1.165) is 0 Å². The molecule has 0 radical (unpaired) electrons. The van der Waals surface area contributed by atoms with Crippen molar-refractivity contribution in [3.05, 3.63) is 23.8 Å². The van der Waals surface area contributed by atoms with Gasteiger partial charge in [0.1, 0.15) is 5.75 Å². The molecule has 1 rings (SSSR count). The molecule has 0 bridgehead atoms. The highest BCUT2D eigenvalue weighted by molar-refractivity contribution is 5.95. The summed E-state index contributed by atoms with van der Waals surface area (Å²) in [4.78, 5) is 13.8. The lowest BCUT2D eigenvalue weighted by Gasteiger charge is -2.20. The first-order chi connectivity index (χ1) is 9.63. The number of nitrogens with two attached hydrogens (primary N) is 1. The topological polar surface area (TPSA) is 103 Å². The van der Waals surface area contributed by atoms with Gasteiger partial charge in [0, 0.05) is 18.7 Å². The molecule has 0 saturated carbocycles. The van der Waals surface area contributed by atoms with Gasteiger partial charge < -0.3 is 15.4 Å². The maximum atomic E-state index is 12.3. The normalized spacial score (nSPS) is 9.35. The molecule has 0 fully saturated rings. The second-order valence-electron chi connectivity index (χ2n) is 4.07. The number of ether oxygens (including phenoxy) is 1.